The lowest BCUT2D eigenvalue weighted by Crippen LogP contribution is -2.38. The molecule has 0 aromatic heterocycles. The van der Waals surface area contributed by atoms with Crippen LogP contribution in [0.4, 0.5) is 0 Å². The number of benzene rings is 1. The first-order valence-corrected chi connectivity index (χ1v) is 5.83. The second-order valence-electron chi connectivity index (χ2n) is 4.19. The number of rotatable bonds is 5. The van der Waals surface area contributed by atoms with Crippen molar-refractivity contribution in [2.45, 2.75) is 25.5 Å². The van der Waals surface area contributed by atoms with Crippen molar-refractivity contribution < 1.29 is 9.53 Å². The van der Waals surface area contributed by atoms with Gasteiger partial charge in [-0.2, -0.15) is 5.26 Å². The SMILES string of the molecule is COC(C(=O)N(C)C(C)CC#N)c1ccccc1. The second-order valence-corrected chi connectivity index (χ2v) is 4.19. The van der Waals surface area contributed by atoms with E-state index in [1.54, 1.807) is 11.9 Å². The quantitative estimate of drug-likeness (QED) is 0.799. The van der Waals surface area contributed by atoms with Gasteiger partial charge in [-0.15, -0.1) is 0 Å². The van der Waals surface area contributed by atoms with Crippen LogP contribution in [0, 0.1) is 11.3 Å². The van der Waals surface area contributed by atoms with E-state index in [-0.39, 0.29) is 11.9 Å². The van der Waals surface area contributed by atoms with E-state index in [1.807, 2.05) is 37.3 Å². The average Bonchev–Trinajstić information content (AvgIpc) is 2.40. The van der Waals surface area contributed by atoms with Gasteiger partial charge in [-0.25, -0.2) is 0 Å². The molecule has 2 atom stereocenters. The number of methoxy groups -OCH3 is 1. The van der Waals surface area contributed by atoms with Gasteiger partial charge < -0.3 is 9.64 Å². The summed E-state index contributed by atoms with van der Waals surface area (Å²) in [6.07, 6.45) is -0.301. The Morgan fingerprint density at radius 1 is 1.44 bits per heavy atom. The molecule has 1 rings (SSSR count). The number of carbonyl (C=O) groups excluding carboxylic acids is 1. The highest BCUT2D eigenvalue weighted by atomic mass is 16.5. The minimum atomic E-state index is -0.614. The first-order valence-electron chi connectivity index (χ1n) is 5.83. The normalized spacial score (nSPS) is 13.4. The summed E-state index contributed by atoms with van der Waals surface area (Å²) in [6.45, 7) is 1.85. The van der Waals surface area contributed by atoms with Gasteiger partial charge in [0, 0.05) is 20.2 Å². The monoisotopic (exact) mass is 246 g/mol. The highest BCUT2D eigenvalue weighted by molar-refractivity contribution is 5.82. The molecule has 0 saturated carbocycles. The molecule has 1 aromatic carbocycles. The molecule has 0 fully saturated rings. The fraction of sp³-hybridized carbons (Fsp3) is 0.429. The molecule has 0 aliphatic heterocycles. The van der Waals surface area contributed by atoms with Crippen LogP contribution in [0.15, 0.2) is 30.3 Å². The third-order valence-electron chi connectivity index (χ3n) is 2.96. The van der Waals surface area contributed by atoms with Gasteiger partial charge in [0.2, 0.25) is 0 Å². The van der Waals surface area contributed by atoms with Gasteiger partial charge >= 0.3 is 0 Å². The van der Waals surface area contributed by atoms with Crippen molar-refractivity contribution in [1.82, 2.24) is 4.90 Å². The molecule has 96 valence electrons. The summed E-state index contributed by atoms with van der Waals surface area (Å²) in [6, 6.07) is 11.3. The molecule has 0 aliphatic carbocycles. The van der Waals surface area contributed by atoms with Crippen molar-refractivity contribution in [3.63, 3.8) is 0 Å². The maximum Gasteiger partial charge on any atom is 0.256 e. The number of carbonyl (C=O) groups is 1. The molecule has 0 aliphatic rings. The molecule has 4 heteroatoms. The Morgan fingerprint density at radius 3 is 2.56 bits per heavy atom. The van der Waals surface area contributed by atoms with Gasteiger partial charge in [0.15, 0.2) is 6.10 Å². The number of likely N-dealkylation sites (N-methyl/N-ethyl adjacent to an activating group) is 1. The Hall–Kier alpha value is -1.86. The largest absolute Gasteiger partial charge is 0.367 e. The van der Waals surface area contributed by atoms with Crippen molar-refractivity contribution >= 4 is 5.91 Å². The molecule has 0 N–H and O–H groups in total. The van der Waals surface area contributed by atoms with Crippen LogP contribution < -0.4 is 0 Å². The van der Waals surface area contributed by atoms with Gasteiger partial charge in [-0.05, 0) is 12.5 Å². The number of nitriles is 1. The summed E-state index contributed by atoms with van der Waals surface area (Å²) in [7, 11) is 3.21. The van der Waals surface area contributed by atoms with Gasteiger partial charge in [0.05, 0.1) is 12.5 Å². The van der Waals surface area contributed by atoms with Gasteiger partial charge in [0.25, 0.3) is 5.91 Å². The second kappa shape index (κ2) is 6.77. The molecule has 1 aromatic rings. The minimum Gasteiger partial charge on any atom is -0.367 e. The molecule has 0 saturated heterocycles. The van der Waals surface area contributed by atoms with Crippen molar-refractivity contribution in [2.75, 3.05) is 14.2 Å². The number of nitrogens with zero attached hydrogens (tertiary/aromatic N) is 2. The van der Waals surface area contributed by atoms with E-state index in [0.717, 1.165) is 5.56 Å². The molecule has 2 unspecified atom stereocenters. The van der Waals surface area contributed by atoms with E-state index < -0.39 is 6.10 Å². The van der Waals surface area contributed by atoms with Crippen molar-refractivity contribution in [1.29, 1.82) is 5.26 Å². The zero-order chi connectivity index (χ0) is 13.5. The molecule has 0 heterocycles. The van der Waals surface area contributed by atoms with Crippen LogP contribution in [-0.4, -0.2) is 31.0 Å². The molecule has 18 heavy (non-hydrogen) atoms. The summed E-state index contributed by atoms with van der Waals surface area (Å²) in [5.41, 5.74) is 0.820. The minimum absolute atomic E-state index is 0.121. The lowest BCUT2D eigenvalue weighted by atomic mass is 10.1. The average molecular weight is 246 g/mol. The van der Waals surface area contributed by atoms with E-state index in [9.17, 15) is 4.79 Å². The van der Waals surface area contributed by atoms with Crippen LogP contribution in [0.3, 0.4) is 0 Å². The first kappa shape index (κ1) is 14.2. The molecular formula is C14H18N2O2. The number of hydrogen-bond acceptors (Lipinski definition) is 3. The maximum absolute atomic E-state index is 12.3. The Kier molecular flexibility index (Phi) is 5.34. The van der Waals surface area contributed by atoms with Crippen LogP contribution in [0.25, 0.3) is 0 Å². The Bertz CT molecular complexity index is 425. The highest BCUT2D eigenvalue weighted by Crippen LogP contribution is 2.20. The fourth-order valence-corrected chi connectivity index (χ4v) is 1.68. The number of hydrogen-bond donors (Lipinski definition) is 0. The van der Waals surface area contributed by atoms with Crippen molar-refractivity contribution in [3.05, 3.63) is 35.9 Å². The summed E-state index contributed by atoms with van der Waals surface area (Å²) in [5.74, 6) is -0.133. The fourth-order valence-electron chi connectivity index (χ4n) is 1.68. The molecule has 1 amide bonds. The smallest absolute Gasteiger partial charge is 0.256 e. The van der Waals surface area contributed by atoms with E-state index in [4.69, 9.17) is 10.00 Å². The Balaban J connectivity index is 2.84. The van der Waals surface area contributed by atoms with Crippen LogP contribution in [-0.2, 0) is 9.53 Å². The zero-order valence-corrected chi connectivity index (χ0v) is 11.0. The predicted molar refractivity (Wildman–Crippen MR) is 68.7 cm³/mol. The Labute approximate surface area is 108 Å². The zero-order valence-electron chi connectivity index (χ0n) is 11.0. The van der Waals surface area contributed by atoms with E-state index in [0.29, 0.717) is 6.42 Å². The molecule has 0 spiro atoms. The topological polar surface area (TPSA) is 53.3 Å². The first-order chi connectivity index (χ1) is 8.61. The summed E-state index contributed by atoms with van der Waals surface area (Å²) < 4.78 is 5.27. The summed E-state index contributed by atoms with van der Waals surface area (Å²) in [4.78, 5) is 13.8. The molecule has 4 nitrogen and oxygen atoms in total. The predicted octanol–water partition coefficient (Wildman–Crippen LogP) is 2.13. The van der Waals surface area contributed by atoms with Crippen LogP contribution in [0.1, 0.15) is 25.0 Å². The summed E-state index contributed by atoms with van der Waals surface area (Å²) in [5, 5.41) is 8.66. The van der Waals surface area contributed by atoms with E-state index in [1.165, 1.54) is 7.11 Å². The molecule has 0 radical (unpaired) electrons. The van der Waals surface area contributed by atoms with Crippen LogP contribution >= 0.6 is 0 Å². The summed E-state index contributed by atoms with van der Waals surface area (Å²) >= 11 is 0. The van der Waals surface area contributed by atoms with Crippen LogP contribution in [0.2, 0.25) is 0 Å². The maximum atomic E-state index is 12.3. The van der Waals surface area contributed by atoms with E-state index >= 15 is 0 Å². The standard InChI is InChI=1S/C14H18N2O2/c1-11(9-10-15)16(2)14(17)13(18-3)12-7-5-4-6-8-12/h4-8,11,13H,9H2,1-3H3. The highest BCUT2D eigenvalue weighted by Gasteiger charge is 2.26. The van der Waals surface area contributed by atoms with E-state index in [2.05, 4.69) is 6.07 Å². The lowest BCUT2D eigenvalue weighted by molar-refractivity contribution is -0.142. The van der Waals surface area contributed by atoms with Gasteiger partial charge in [-0.1, -0.05) is 30.3 Å². The van der Waals surface area contributed by atoms with Crippen LogP contribution in [0.5, 0.6) is 0 Å². The molecular weight excluding hydrogens is 228 g/mol. The van der Waals surface area contributed by atoms with Crippen molar-refractivity contribution in [3.8, 4) is 6.07 Å². The third-order valence-corrected chi connectivity index (χ3v) is 2.96. The molecule has 0 bridgehead atoms. The number of amides is 1. The number of ether oxygens (including phenoxy) is 1. The van der Waals surface area contributed by atoms with Gasteiger partial charge in [-0.3, -0.25) is 4.79 Å². The van der Waals surface area contributed by atoms with Crippen molar-refractivity contribution in [2.24, 2.45) is 0 Å². The lowest BCUT2D eigenvalue weighted by Gasteiger charge is -2.27. The Morgan fingerprint density at radius 2 is 2.06 bits per heavy atom. The van der Waals surface area contributed by atoms with Gasteiger partial charge in [0.1, 0.15) is 0 Å². The third kappa shape index (κ3) is 3.31.